The first-order valence-electron chi connectivity index (χ1n) is 10.8. The van der Waals surface area contributed by atoms with Gasteiger partial charge in [0, 0.05) is 24.5 Å². The lowest BCUT2D eigenvalue weighted by Crippen LogP contribution is -1.99. The van der Waals surface area contributed by atoms with Gasteiger partial charge >= 0.3 is 0 Å². The van der Waals surface area contributed by atoms with Crippen molar-refractivity contribution >= 4 is 5.82 Å². The van der Waals surface area contributed by atoms with Crippen LogP contribution in [0.5, 0.6) is 5.75 Å². The third-order valence-corrected chi connectivity index (χ3v) is 5.87. The minimum atomic E-state index is 0.572. The maximum atomic E-state index is 6.08. The van der Waals surface area contributed by atoms with Crippen LogP contribution < -0.4 is 10.1 Å². The molecule has 5 heteroatoms. The molecule has 0 unspecified atom stereocenters. The lowest BCUT2D eigenvalue weighted by molar-refractivity contribution is 0.305. The zero-order valence-electron chi connectivity index (χ0n) is 17.9. The maximum absolute atomic E-state index is 6.08. The summed E-state index contributed by atoms with van der Waals surface area (Å²) in [6.45, 7) is 6.68. The molecule has 3 heterocycles. The van der Waals surface area contributed by atoms with Crippen LogP contribution in [0.3, 0.4) is 0 Å². The second kappa shape index (κ2) is 8.26. The fraction of sp³-hybridized carbons (Fsp3) is 0.231. The van der Waals surface area contributed by atoms with E-state index in [1.165, 1.54) is 16.7 Å². The minimum Gasteiger partial charge on any atom is -0.489 e. The zero-order chi connectivity index (χ0) is 21.2. The van der Waals surface area contributed by atoms with Crippen LogP contribution in [-0.2, 0) is 19.6 Å². The van der Waals surface area contributed by atoms with Crippen LogP contribution in [0, 0.1) is 6.92 Å². The molecule has 0 spiro atoms. The molecule has 0 radical (unpaired) electrons. The lowest BCUT2D eigenvalue weighted by Gasteiger charge is -2.11. The highest BCUT2D eigenvalue weighted by Crippen LogP contribution is 2.39. The van der Waals surface area contributed by atoms with Crippen LogP contribution in [-0.4, -0.2) is 21.3 Å². The van der Waals surface area contributed by atoms with E-state index in [9.17, 15) is 0 Å². The topological polar surface area (TPSA) is 52.0 Å². The molecule has 5 nitrogen and oxygen atoms in total. The van der Waals surface area contributed by atoms with Crippen molar-refractivity contribution in [3.63, 3.8) is 0 Å². The summed E-state index contributed by atoms with van der Waals surface area (Å²) < 4.78 is 8.14. The molecular formula is C26H26N4O. The smallest absolute Gasteiger partial charge is 0.133 e. The molecule has 5 rings (SSSR count). The number of pyridine rings is 1. The third-order valence-electron chi connectivity index (χ3n) is 5.87. The molecule has 31 heavy (non-hydrogen) atoms. The Morgan fingerprint density at radius 3 is 2.55 bits per heavy atom. The molecule has 0 aliphatic carbocycles. The third kappa shape index (κ3) is 3.79. The Bertz CT molecular complexity index is 1200. The second-order valence-electron chi connectivity index (χ2n) is 7.89. The first-order valence-corrected chi connectivity index (χ1v) is 10.8. The van der Waals surface area contributed by atoms with E-state index in [0.29, 0.717) is 6.61 Å². The predicted molar refractivity (Wildman–Crippen MR) is 124 cm³/mol. The number of ether oxygens (including phenoxy) is 1. The molecular weight excluding hydrogens is 384 g/mol. The van der Waals surface area contributed by atoms with Gasteiger partial charge in [0.05, 0.1) is 12.1 Å². The minimum absolute atomic E-state index is 0.572. The van der Waals surface area contributed by atoms with Crippen LogP contribution in [0.4, 0.5) is 5.82 Å². The normalized spacial score (nSPS) is 12.5. The van der Waals surface area contributed by atoms with Crippen molar-refractivity contribution in [3.05, 3.63) is 83.7 Å². The molecule has 1 N–H and O–H groups in total. The van der Waals surface area contributed by atoms with Crippen molar-refractivity contribution in [2.75, 3.05) is 11.9 Å². The van der Waals surface area contributed by atoms with E-state index in [1.54, 1.807) is 0 Å². The fourth-order valence-corrected chi connectivity index (χ4v) is 4.09. The molecule has 1 aliphatic rings. The van der Waals surface area contributed by atoms with Crippen LogP contribution in [0.15, 0.2) is 67.0 Å². The van der Waals surface area contributed by atoms with Gasteiger partial charge in [-0.1, -0.05) is 37.3 Å². The SMILES string of the molecule is CCc1ccc(COc2ccc(-c3c(-c4ccncc4)nn4c3NCC4)cc2)c(C)c1. The number of anilines is 1. The molecule has 0 atom stereocenters. The van der Waals surface area contributed by atoms with Crippen LogP contribution in [0.25, 0.3) is 22.4 Å². The van der Waals surface area contributed by atoms with Gasteiger partial charge in [-0.2, -0.15) is 5.10 Å². The number of hydrogen-bond acceptors (Lipinski definition) is 4. The molecule has 0 bridgehead atoms. The van der Waals surface area contributed by atoms with Crippen molar-refractivity contribution < 1.29 is 4.74 Å². The van der Waals surface area contributed by atoms with Gasteiger partial charge in [-0.3, -0.25) is 4.98 Å². The largest absolute Gasteiger partial charge is 0.489 e. The second-order valence-corrected chi connectivity index (χ2v) is 7.89. The van der Waals surface area contributed by atoms with E-state index < -0.39 is 0 Å². The molecule has 1 aliphatic heterocycles. The van der Waals surface area contributed by atoms with Crippen molar-refractivity contribution in [3.8, 4) is 28.1 Å². The van der Waals surface area contributed by atoms with Gasteiger partial charge in [-0.15, -0.1) is 0 Å². The van der Waals surface area contributed by atoms with Gasteiger partial charge in [-0.25, -0.2) is 4.68 Å². The van der Waals surface area contributed by atoms with E-state index in [-0.39, 0.29) is 0 Å². The van der Waals surface area contributed by atoms with E-state index in [1.807, 2.05) is 36.7 Å². The first-order chi connectivity index (χ1) is 15.2. The Kier molecular flexibility index (Phi) is 5.16. The molecule has 2 aromatic carbocycles. The summed E-state index contributed by atoms with van der Waals surface area (Å²) in [7, 11) is 0. The summed E-state index contributed by atoms with van der Waals surface area (Å²) in [6, 6.07) is 18.9. The van der Waals surface area contributed by atoms with E-state index in [2.05, 4.69) is 59.2 Å². The van der Waals surface area contributed by atoms with Crippen LogP contribution >= 0.6 is 0 Å². The van der Waals surface area contributed by atoms with Crippen LogP contribution in [0.2, 0.25) is 0 Å². The summed E-state index contributed by atoms with van der Waals surface area (Å²) >= 11 is 0. The Morgan fingerprint density at radius 1 is 1.00 bits per heavy atom. The average molecular weight is 411 g/mol. The fourth-order valence-electron chi connectivity index (χ4n) is 4.09. The standard InChI is InChI=1S/C26H26N4O/c1-3-19-4-5-22(18(2)16-19)17-31-23-8-6-20(7-9-23)24-25(21-10-12-27-13-11-21)29-30-15-14-28-26(24)30/h4-13,16,28H,3,14-15,17H2,1-2H3. The molecule has 0 fully saturated rings. The molecule has 0 amide bonds. The summed E-state index contributed by atoms with van der Waals surface area (Å²) in [6.07, 6.45) is 4.67. The van der Waals surface area contributed by atoms with Gasteiger partial charge in [0.25, 0.3) is 0 Å². The molecule has 0 saturated heterocycles. The summed E-state index contributed by atoms with van der Waals surface area (Å²) in [5, 5.41) is 8.34. The van der Waals surface area contributed by atoms with Crippen LogP contribution in [0.1, 0.15) is 23.6 Å². The monoisotopic (exact) mass is 410 g/mol. The van der Waals surface area contributed by atoms with Crippen molar-refractivity contribution in [2.24, 2.45) is 0 Å². The number of benzene rings is 2. The van der Waals surface area contributed by atoms with E-state index >= 15 is 0 Å². The summed E-state index contributed by atoms with van der Waals surface area (Å²) in [5.74, 6) is 1.94. The zero-order valence-corrected chi connectivity index (χ0v) is 17.9. The summed E-state index contributed by atoms with van der Waals surface area (Å²) in [4.78, 5) is 4.14. The molecule has 0 saturated carbocycles. The highest BCUT2D eigenvalue weighted by Gasteiger charge is 2.23. The highest BCUT2D eigenvalue weighted by molar-refractivity contribution is 5.89. The molecule has 156 valence electrons. The lowest BCUT2D eigenvalue weighted by atomic mass is 10.0. The average Bonchev–Trinajstić information content (AvgIpc) is 3.41. The molecule has 2 aromatic heterocycles. The van der Waals surface area contributed by atoms with E-state index in [0.717, 1.165) is 53.5 Å². The predicted octanol–water partition coefficient (Wildman–Crippen LogP) is 5.49. The number of fused-ring (bicyclic) bond motifs is 1. The number of nitrogens with zero attached hydrogens (tertiary/aromatic N) is 3. The Labute approximate surface area is 182 Å². The van der Waals surface area contributed by atoms with Crippen molar-refractivity contribution in [1.29, 1.82) is 0 Å². The van der Waals surface area contributed by atoms with Crippen molar-refractivity contribution in [1.82, 2.24) is 14.8 Å². The first kappa shape index (κ1) is 19.4. The number of aromatic nitrogens is 3. The van der Waals surface area contributed by atoms with Gasteiger partial charge in [-0.05, 0) is 59.9 Å². The van der Waals surface area contributed by atoms with E-state index in [4.69, 9.17) is 9.84 Å². The number of rotatable bonds is 6. The van der Waals surface area contributed by atoms with Gasteiger partial charge in [0.15, 0.2) is 0 Å². The Morgan fingerprint density at radius 2 is 1.81 bits per heavy atom. The number of aryl methyl sites for hydroxylation is 2. The number of hydrogen-bond donors (Lipinski definition) is 1. The van der Waals surface area contributed by atoms with Crippen molar-refractivity contribution in [2.45, 2.75) is 33.4 Å². The van der Waals surface area contributed by atoms with Gasteiger partial charge in [0.1, 0.15) is 23.9 Å². The van der Waals surface area contributed by atoms with Gasteiger partial charge < -0.3 is 10.1 Å². The maximum Gasteiger partial charge on any atom is 0.133 e. The Balaban J connectivity index is 1.40. The summed E-state index contributed by atoms with van der Waals surface area (Å²) in [5.41, 5.74) is 8.15. The van der Waals surface area contributed by atoms with Gasteiger partial charge in [0.2, 0.25) is 0 Å². The Hall–Kier alpha value is -3.60. The number of nitrogens with one attached hydrogen (secondary N) is 1. The highest BCUT2D eigenvalue weighted by atomic mass is 16.5. The quantitative estimate of drug-likeness (QED) is 0.457. The molecule has 4 aromatic rings.